The number of rotatable bonds is 6. The summed E-state index contributed by atoms with van der Waals surface area (Å²) in [6.45, 7) is 2.53. The molecule has 0 aromatic carbocycles. The van der Waals surface area contributed by atoms with Gasteiger partial charge < -0.3 is 70.8 Å². The molecule has 0 saturated heterocycles. The summed E-state index contributed by atoms with van der Waals surface area (Å²) in [6.07, 6.45) is -4.47. The maximum atomic E-state index is 10.2. The van der Waals surface area contributed by atoms with E-state index in [9.17, 15) is 46.0 Å². The van der Waals surface area contributed by atoms with Crippen molar-refractivity contribution in [1.29, 1.82) is 0 Å². The molecule has 26 heavy (non-hydrogen) atoms. The maximum Gasteiger partial charge on any atom is 0.452 e. The van der Waals surface area contributed by atoms with Gasteiger partial charge in [-0.1, -0.05) is 13.8 Å². The van der Waals surface area contributed by atoms with Crippen molar-refractivity contribution in [2.24, 2.45) is 0 Å². The third-order valence-electron chi connectivity index (χ3n) is 3.89. The second-order valence-electron chi connectivity index (χ2n) is 5.66. The highest BCUT2D eigenvalue weighted by Gasteiger charge is 2.93. The van der Waals surface area contributed by atoms with E-state index in [-0.39, 0.29) is 6.42 Å². The molecule has 0 radical (unpaired) electrons. The van der Waals surface area contributed by atoms with Gasteiger partial charge >= 0.3 is 11.9 Å². The monoisotopic (exact) mass is 390 g/mol. The van der Waals surface area contributed by atoms with Crippen molar-refractivity contribution in [3.8, 4) is 0 Å². The van der Waals surface area contributed by atoms with Gasteiger partial charge in [0.05, 0.1) is 0 Å². The minimum atomic E-state index is -4.56. The SMILES string of the molecule is CCC(OC(O)(O)O)=C(CC)OC1(O)C(O)(O)C(O)(O)C(O)(O)C1(O)O. The van der Waals surface area contributed by atoms with E-state index in [0.717, 1.165) is 0 Å². The molecule has 0 heterocycles. The Balaban J connectivity index is 3.56. The summed E-state index contributed by atoms with van der Waals surface area (Å²) in [6, 6.07) is 0. The van der Waals surface area contributed by atoms with Crippen LogP contribution in [0, 0.1) is 0 Å². The highest BCUT2D eigenvalue weighted by atomic mass is 16.9. The van der Waals surface area contributed by atoms with Gasteiger partial charge in [0.2, 0.25) is 0 Å². The van der Waals surface area contributed by atoms with Crippen molar-refractivity contribution in [3.05, 3.63) is 11.5 Å². The molecule has 12 N–H and O–H groups in total. The van der Waals surface area contributed by atoms with E-state index in [1.54, 1.807) is 0 Å². The summed E-state index contributed by atoms with van der Waals surface area (Å²) in [5, 5.41) is 114. The van der Waals surface area contributed by atoms with E-state index >= 15 is 0 Å². The largest absolute Gasteiger partial charge is 0.453 e. The zero-order valence-electron chi connectivity index (χ0n) is 13.6. The molecule has 1 aliphatic rings. The van der Waals surface area contributed by atoms with Gasteiger partial charge in [-0.15, -0.1) is 0 Å². The Bertz CT molecular complexity index is 543. The molecular formula is C12H22O14. The standard InChI is InChI=1S/C12H22O14/c1-3-5(6(4-2)26-12(22,23)24)25-11(21)9(17,18)7(13,14)8(15,16)10(11,19)20/h13-24H,3-4H2,1-2H3. The van der Waals surface area contributed by atoms with E-state index in [0.29, 0.717) is 0 Å². The van der Waals surface area contributed by atoms with Crippen LogP contribution >= 0.6 is 0 Å². The van der Waals surface area contributed by atoms with Gasteiger partial charge in [-0.05, 0) is 0 Å². The average molecular weight is 390 g/mol. The third kappa shape index (κ3) is 2.85. The van der Waals surface area contributed by atoms with Crippen molar-refractivity contribution in [2.45, 2.75) is 61.8 Å². The summed E-state index contributed by atoms with van der Waals surface area (Å²) < 4.78 is 8.85. The number of hydrogen-bond acceptors (Lipinski definition) is 14. The summed E-state index contributed by atoms with van der Waals surface area (Å²) >= 11 is 0. The average Bonchev–Trinajstić information content (AvgIpc) is 2.52. The van der Waals surface area contributed by atoms with Crippen LogP contribution in [0.15, 0.2) is 11.5 Å². The van der Waals surface area contributed by atoms with Crippen molar-refractivity contribution < 1.29 is 70.8 Å². The molecule has 0 atom stereocenters. The fraction of sp³-hybridized carbons (Fsp3) is 0.833. The van der Waals surface area contributed by atoms with Gasteiger partial charge in [0.25, 0.3) is 23.1 Å². The molecule has 0 aromatic heterocycles. The van der Waals surface area contributed by atoms with E-state index in [1.807, 2.05) is 0 Å². The Hall–Kier alpha value is -1.14. The molecular weight excluding hydrogens is 368 g/mol. The van der Waals surface area contributed by atoms with Gasteiger partial charge in [0.1, 0.15) is 11.5 Å². The molecule has 0 bridgehead atoms. The van der Waals surface area contributed by atoms with Crippen molar-refractivity contribution in [1.82, 2.24) is 0 Å². The first-order valence-electron chi connectivity index (χ1n) is 7.12. The van der Waals surface area contributed by atoms with Crippen LogP contribution in [-0.4, -0.2) is 96.4 Å². The van der Waals surface area contributed by atoms with Crippen LogP contribution in [0.2, 0.25) is 0 Å². The molecule has 1 fully saturated rings. The first-order chi connectivity index (χ1) is 11.3. The molecule has 0 aliphatic heterocycles. The molecule has 0 aromatic rings. The highest BCUT2D eigenvalue weighted by molar-refractivity contribution is 5.22. The molecule has 14 heteroatoms. The third-order valence-corrected chi connectivity index (χ3v) is 3.89. The summed E-state index contributed by atoms with van der Waals surface area (Å²) in [4.78, 5) is 0. The Kier molecular flexibility index (Phi) is 5.46. The maximum absolute atomic E-state index is 10.2. The van der Waals surface area contributed by atoms with E-state index in [4.69, 9.17) is 15.3 Å². The fourth-order valence-corrected chi connectivity index (χ4v) is 2.34. The summed E-state index contributed by atoms with van der Waals surface area (Å²) in [5.41, 5.74) is 0. The molecule has 0 amide bonds. The molecule has 1 rings (SSSR count). The number of aliphatic hydroxyl groups is 12. The lowest BCUT2D eigenvalue weighted by molar-refractivity contribution is -0.459. The Morgan fingerprint density at radius 1 is 0.654 bits per heavy atom. The Morgan fingerprint density at radius 2 is 1.00 bits per heavy atom. The van der Waals surface area contributed by atoms with Crippen LogP contribution in [0.3, 0.4) is 0 Å². The second-order valence-corrected chi connectivity index (χ2v) is 5.66. The van der Waals surface area contributed by atoms with Gasteiger partial charge in [-0.3, -0.25) is 0 Å². The first-order valence-corrected chi connectivity index (χ1v) is 7.12. The topological polar surface area (TPSA) is 261 Å². The van der Waals surface area contributed by atoms with Crippen LogP contribution in [0.1, 0.15) is 26.7 Å². The van der Waals surface area contributed by atoms with Crippen molar-refractivity contribution in [3.63, 3.8) is 0 Å². The van der Waals surface area contributed by atoms with Crippen molar-refractivity contribution in [2.75, 3.05) is 0 Å². The lowest BCUT2D eigenvalue weighted by Crippen LogP contribution is -2.68. The minimum Gasteiger partial charge on any atom is -0.453 e. The minimum absolute atomic E-state index is 0.316. The van der Waals surface area contributed by atoms with Crippen LogP contribution in [0.25, 0.3) is 0 Å². The highest BCUT2D eigenvalue weighted by Crippen LogP contribution is 2.55. The molecule has 154 valence electrons. The lowest BCUT2D eigenvalue weighted by Gasteiger charge is -2.40. The quantitative estimate of drug-likeness (QED) is 0.149. The van der Waals surface area contributed by atoms with E-state index < -0.39 is 53.0 Å². The van der Waals surface area contributed by atoms with Gasteiger partial charge in [0, 0.05) is 12.8 Å². The Labute approximate surface area is 145 Å². The van der Waals surface area contributed by atoms with Crippen LogP contribution in [0.4, 0.5) is 0 Å². The van der Waals surface area contributed by atoms with Crippen LogP contribution < -0.4 is 0 Å². The van der Waals surface area contributed by atoms with Crippen molar-refractivity contribution >= 4 is 0 Å². The van der Waals surface area contributed by atoms with Gasteiger partial charge in [-0.2, -0.15) is 0 Å². The van der Waals surface area contributed by atoms with Gasteiger partial charge in [0.15, 0.2) is 0 Å². The summed E-state index contributed by atoms with van der Waals surface area (Å²) in [5.74, 6) is -24.0. The van der Waals surface area contributed by atoms with E-state index in [1.165, 1.54) is 13.8 Å². The predicted molar refractivity (Wildman–Crippen MR) is 72.8 cm³/mol. The number of ether oxygens (including phenoxy) is 2. The molecule has 14 nitrogen and oxygen atoms in total. The van der Waals surface area contributed by atoms with Gasteiger partial charge in [-0.25, -0.2) is 0 Å². The fourth-order valence-electron chi connectivity index (χ4n) is 2.34. The predicted octanol–water partition coefficient (Wildman–Crippen LogP) is -5.93. The lowest BCUT2D eigenvalue weighted by atomic mass is 10.0. The summed E-state index contributed by atoms with van der Waals surface area (Å²) in [7, 11) is 0. The van der Waals surface area contributed by atoms with Crippen LogP contribution in [0.5, 0.6) is 0 Å². The molecule has 1 saturated carbocycles. The van der Waals surface area contributed by atoms with E-state index in [2.05, 4.69) is 9.47 Å². The number of hydrogen-bond donors (Lipinski definition) is 12. The number of allylic oxidation sites excluding steroid dienone is 2. The van der Waals surface area contributed by atoms with Crippen LogP contribution in [-0.2, 0) is 9.47 Å². The Morgan fingerprint density at radius 3 is 1.27 bits per heavy atom. The zero-order valence-corrected chi connectivity index (χ0v) is 13.6. The smallest absolute Gasteiger partial charge is 0.452 e. The molecule has 0 spiro atoms. The first kappa shape index (κ1) is 22.9. The molecule has 0 unspecified atom stereocenters. The molecule has 1 aliphatic carbocycles. The normalized spacial score (nSPS) is 26.2. The zero-order chi connectivity index (χ0) is 21.0. The second kappa shape index (κ2) is 6.20.